The number of nitrogens with one attached hydrogen (secondary N) is 1. The molecule has 0 aromatic heterocycles. The molecule has 3 nitrogen and oxygen atoms in total. The fraction of sp³-hybridized carbons (Fsp3) is 0.278. The number of halogens is 2. The van der Waals surface area contributed by atoms with Crippen molar-refractivity contribution in [2.24, 2.45) is 0 Å². The van der Waals surface area contributed by atoms with E-state index in [0.29, 0.717) is 18.5 Å². The maximum Gasteiger partial charge on any atom is 0.220 e. The van der Waals surface area contributed by atoms with Gasteiger partial charge in [0.15, 0.2) is 0 Å². The van der Waals surface area contributed by atoms with E-state index in [4.69, 9.17) is 5.73 Å². The molecule has 2 rings (SSSR count). The molecule has 122 valence electrons. The number of aryl methyl sites for hydroxylation is 1. The second-order valence-electron chi connectivity index (χ2n) is 5.39. The Morgan fingerprint density at radius 1 is 1.22 bits per heavy atom. The third-order valence-corrected chi connectivity index (χ3v) is 3.75. The Hall–Kier alpha value is -2.43. The van der Waals surface area contributed by atoms with Crippen molar-refractivity contribution in [3.63, 3.8) is 0 Å². The molecule has 1 unspecified atom stereocenters. The predicted octanol–water partition coefficient (Wildman–Crippen LogP) is 3.75. The molecule has 0 saturated carbocycles. The summed E-state index contributed by atoms with van der Waals surface area (Å²) in [6.45, 7) is 1.81. The van der Waals surface area contributed by atoms with E-state index in [9.17, 15) is 13.6 Å². The Labute approximate surface area is 134 Å². The summed E-state index contributed by atoms with van der Waals surface area (Å²) in [6, 6.07) is 10.1. The Bertz CT molecular complexity index is 688. The minimum Gasteiger partial charge on any atom is -0.399 e. The average Bonchev–Trinajstić information content (AvgIpc) is 2.54. The van der Waals surface area contributed by atoms with E-state index in [2.05, 4.69) is 5.32 Å². The zero-order valence-corrected chi connectivity index (χ0v) is 13.0. The number of hydrogen-bond acceptors (Lipinski definition) is 2. The summed E-state index contributed by atoms with van der Waals surface area (Å²) in [6.07, 6.45) is 1.21. The Morgan fingerprint density at radius 3 is 2.65 bits per heavy atom. The zero-order chi connectivity index (χ0) is 16.8. The van der Waals surface area contributed by atoms with Gasteiger partial charge < -0.3 is 11.1 Å². The molecule has 0 aliphatic carbocycles. The first-order valence-electron chi connectivity index (χ1n) is 7.59. The van der Waals surface area contributed by atoms with E-state index in [1.54, 1.807) is 6.07 Å². The monoisotopic (exact) mass is 318 g/mol. The fourth-order valence-corrected chi connectivity index (χ4v) is 2.46. The van der Waals surface area contributed by atoms with Crippen LogP contribution in [0.25, 0.3) is 0 Å². The van der Waals surface area contributed by atoms with Crippen molar-refractivity contribution in [2.45, 2.75) is 32.2 Å². The van der Waals surface area contributed by atoms with E-state index >= 15 is 0 Å². The van der Waals surface area contributed by atoms with Crippen LogP contribution in [0.5, 0.6) is 0 Å². The number of nitrogens with two attached hydrogens (primary N) is 1. The standard InChI is InChI=1S/C18H20F2N2O/c1-2-17(14-11-13(19)8-9-15(14)20)22-18(23)10-7-12-5-3-4-6-16(12)21/h3-6,8-9,11,17H,2,7,10,21H2,1H3,(H,22,23). The molecule has 0 spiro atoms. The summed E-state index contributed by atoms with van der Waals surface area (Å²) >= 11 is 0. The highest BCUT2D eigenvalue weighted by atomic mass is 19.1. The minimum atomic E-state index is -0.550. The van der Waals surface area contributed by atoms with Crippen LogP contribution in [0.3, 0.4) is 0 Å². The molecule has 0 heterocycles. The first-order valence-corrected chi connectivity index (χ1v) is 7.59. The number of benzene rings is 2. The Balaban J connectivity index is 2.00. The number of anilines is 1. The number of amides is 1. The Kier molecular flexibility index (Phi) is 5.68. The quantitative estimate of drug-likeness (QED) is 0.797. The summed E-state index contributed by atoms with van der Waals surface area (Å²) in [5, 5.41) is 2.75. The normalized spacial score (nSPS) is 12.0. The lowest BCUT2D eigenvalue weighted by Gasteiger charge is -2.18. The van der Waals surface area contributed by atoms with Crippen molar-refractivity contribution in [2.75, 3.05) is 5.73 Å². The lowest BCUT2D eigenvalue weighted by Crippen LogP contribution is -2.29. The highest BCUT2D eigenvalue weighted by Crippen LogP contribution is 2.21. The van der Waals surface area contributed by atoms with Crippen LogP contribution >= 0.6 is 0 Å². The number of nitrogen functional groups attached to an aromatic ring is 1. The van der Waals surface area contributed by atoms with Gasteiger partial charge in [-0.3, -0.25) is 4.79 Å². The van der Waals surface area contributed by atoms with Crippen LogP contribution in [0.2, 0.25) is 0 Å². The number of rotatable bonds is 6. The van der Waals surface area contributed by atoms with Crippen LogP contribution in [-0.2, 0) is 11.2 Å². The first-order chi connectivity index (χ1) is 11.0. The third-order valence-electron chi connectivity index (χ3n) is 3.75. The first kappa shape index (κ1) is 16.9. The lowest BCUT2D eigenvalue weighted by atomic mass is 10.0. The van der Waals surface area contributed by atoms with Crippen LogP contribution in [0.1, 0.15) is 36.9 Å². The molecule has 0 bridgehead atoms. The molecule has 0 saturated heterocycles. The molecule has 23 heavy (non-hydrogen) atoms. The molecule has 2 aromatic rings. The Morgan fingerprint density at radius 2 is 1.96 bits per heavy atom. The molecule has 0 radical (unpaired) electrons. The van der Waals surface area contributed by atoms with Crippen LogP contribution in [0, 0.1) is 11.6 Å². The topological polar surface area (TPSA) is 55.1 Å². The molecular formula is C18H20F2N2O. The van der Waals surface area contributed by atoms with E-state index in [0.717, 1.165) is 23.8 Å². The summed E-state index contributed by atoms with van der Waals surface area (Å²) in [5.41, 5.74) is 7.54. The maximum atomic E-state index is 13.8. The molecule has 0 aliphatic rings. The van der Waals surface area contributed by atoms with Crippen molar-refractivity contribution < 1.29 is 13.6 Å². The van der Waals surface area contributed by atoms with Crippen LogP contribution in [-0.4, -0.2) is 5.91 Å². The molecular weight excluding hydrogens is 298 g/mol. The highest BCUT2D eigenvalue weighted by Gasteiger charge is 2.17. The highest BCUT2D eigenvalue weighted by molar-refractivity contribution is 5.77. The average molecular weight is 318 g/mol. The summed E-state index contributed by atoms with van der Waals surface area (Å²) in [4.78, 5) is 12.1. The van der Waals surface area contributed by atoms with Gasteiger partial charge in [-0.1, -0.05) is 25.1 Å². The molecule has 3 N–H and O–H groups in total. The van der Waals surface area contributed by atoms with Gasteiger partial charge in [-0.2, -0.15) is 0 Å². The van der Waals surface area contributed by atoms with Crippen molar-refractivity contribution in [3.8, 4) is 0 Å². The molecule has 1 atom stereocenters. The van der Waals surface area contributed by atoms with Crippen molar-refractivity contribution in [1.29, 1.82) is 0 Å². The van der Waals surface area contributed by atoms with Crippen LogP contribution in [0.15, 0.2) is 42.5 Å². The van der Waals surface area contributed by atoms with Gasteiger partial charge in [0.2, 0.25) is 5.91 Å². The fourth-order valence-electron chi connectivity index (χ4n) is 2.46. The lowest BCUT2D eigenvalue weighted by molar-refractivity contribution is -0.121. The van der Waals surface area contributed by atoms with E-state index in [-0.39, 0.29) is 17.9 Å². The van der Waals surface area contributed by atoms with Gasteiger partial charge in [0, 0.05) is 17.7 Å². The zero-order valence-electron chi connectivity index (χ0n) is 13.0. The van der Waals surface area contributed by atoms with E-state index < -0.39 is 17.7 Å². The number of carbonyl (C=O) groups is 1. The van der Waals surface area contributed by atoms with Gasteiger partial charge >= 0.3 is 0 Å². The van der Waals surface area contributed by atoms with Gasteiger partial charge in [0.05, 0.1) is 6.04 Å². The van der Waals surface area contributed by atoms with Gasteiger partial charge in [-0.05, 0) is 42.7 Å². The summed E-state index contributed by atoms with van der Waals surface area (Å²) < 4.78 is 27.1. The number of para-hydroxylation sites is 1. The van der Waals surface area contributed by atoms with Gasteiger partial charge in [0.25, 0.3) is 0 Å². The van der Waals surface area contributed by atoms with Crippen molar-refractivity contribution in [3.05, 3.63) is 65.2 Å². The van der Waals surface area contributed by atoms with Crippen molar-refractivity contribution >= 4 is 11.6 Å². The number of carbonyl (C=O) groups excluding carboxylic acids is 1. The molecule has 2 aromatic carbocycles. The molecule has 0 fully saturated rings. The van der Waals surface area contributed by atoms with Crippen molar-refractivity contribution in [1.82, 2.24) is 5.32 Å². The second kappa shape index (κ2) is 7.72. The van der Waals surface area contributed by atoms with E-state index in [1.807, 2.05) is 25.1 Å². The number of hydrogen-bond donors (Lipinski definition) is 2. The molecule has 0 aliphatic heterocycles. The summed E-state index contributed by atoms with van der Waals surface area (Å²) in [5.74, 6) is -1.26. The van der Waals surface area contributed by atoms with E-state index in [1.165, 1.54) is 0 Å². The van der Waals surface area contributed by atoms with Gasteiger partial charge in [-0.25, -0.2) is 8.78 Å². The summed E-state index contributed by atoms with van der Waals surface area (Å²) in [7, 11) is 0. The molecule has 1 amide bonds. The largest absolute Gasteiger partial charge is 0.399 e. The van der Waals surface area contributed by atoms with Crippen LogP contribution < -0.4 is 11.1 Å². The van der Waals surface area contributed by atoms with Gasteiger partial charge in [0.1, 0.15) is 11.6 Å². The predicted molar refractivity (Wildman–Crippen MR) is 86.7 cm³/mol. The molecule has 5 heteroatoms. The van der Waals surface area contributed by atoms with Crippen LogP contribution in [0.4, 0.5) is 14.5 Å². The SMILES string of the molecule is CCC(NC(=O)CCc1ccccc1N)c1cc(F)ccc1F. The third kappa shape index (κ3) is 4.52. The minimum absolute atomic E-state index is 0.167. The second-order valence-corrected chi connectivity index (χ2v) is 5.39. The smallest absolute Gasteiger partial charge is 0.220 e. The maximum absolute atomic E-state index is 13.8. The van der Waals surface area contributed by atoms with Gasteiger partial charge in [-0.15, -0.1) is 0 Å².